The lowest BCUT2D eigenvalue weighted by molar-refractivity contribution is -0.119. The van der Waals surface area contributed by atoms with E-state index >= 15 is 0 Å². The van der Waals surface area contributed by atoms with Gasteiger partial charge in [0.2, 0.25) is 6.41 Å². The maximum Gasteiger partial charge on any atom is 0.210 e. The van der Waals surface area contributed by atoms with Crippen molar-refractivity contribution in [1.29, 1.82) is 0 Å². The molecule has 0 spiro atoms. The molecule has 0 heterocycles. The molecule has 1 amide bonds. The second-order valence-corrected chi connectivity index (χ2v) is 6.13. The molecule has 2 rings (SSSR count). The molecule has 0 radical (unpaired) electrons. The molecular formula is C19H25N3O. The average Bonchev–Trinajstić information content (AvgIpc) is 2.55. The summed E-state index contributed by atoms with van der Waals surface area (Å²) in [4.78, 5) is 17.3. The van der Waals surface area contributed by atoms with Crippen LogP contribution in [0.2, 0.25) is 0 Å². The summed E-state index contributed by atoms with van der Waals surface area (Å²) in [7, 11) is 8.07. The molecule has 122 valence electrons. The van der Waals surface area contributed by atoms with E-state index in [0.717, 1.165) is 28.9 Å². The summed E-state index contributed by atoms with van der Waals surface area (Å²) in [5.41, 5.74) is 4.58. The smallest absolute Gasteiger partial charge is 0.210 e. The zero-order valence-corrected chi connectivity index (χ0v) is 14.4. The van der Waals surface area contributed by atoms with Crippen LogP contribution in [-0.2, 0) is 17.9 Å². The van der Waals surface area contributed by atoms with E-state index in [1.807, 2.05) is 28.2 Å². The number of rotatable bonds is 7. The van der Waals surface area contributed by atoms with Gasteiger partial charge in [-0.2, -0.15) is 0 Å². The van der Waals surface area contributed by atoms with E-state index in [9.17, 15) is 4.79 Å². The molecule has 0 fully saturated rings. The van der Waals surface area contributed by atoms with Crippen LogP contribution in [0.3, 0.4) is 0 Å². The quantitative estimate of drug-likeness (QED) is 0.736. The van der Waals surface area contributed by atoms with Gasteiger partial charge in [0.05, 0.1) is 0 Å². The molecule has 0 atom stereocenters. The molecule has 23 heavy (non-hydrogen) atoms. The number of anilines is 2. The third kappa shape index (κ3) is 4.74. The topological polar surface area (TPSA) is 26.8 Å². The number of hydrogen-bond acceptors (Lipinski definition) is 3. The fourth-order valence-corrected chi connectivity index (χ4v) is 2.40. The second kappa shape index (κ2) is 7.68. The summed E-state index contributed by atoms with van der Waals surface area (Å²) in [5, 5.41) is 0. The van der Waals surface area contributed by atoms with Crippen molar-refractivity contribution in [3.63, 3.8) is 0 Å². The third-order valence-electron chi connectivity index (χ3n) is 3.83. The van der Waals surface area contributed by atoms with Crippen molar-refractivity contribution in [3.05, 3.63) is 59.7 Å². The standard InChI is InChI=1S/C19H25N3O/c1-20(2)18-9-5-16(6-10-18)13-22(15-23)14-17-7-11-19(12-8-17)21(3)4/h5-12,15H,13-14H2,1-4H3. The van der Waals surface area contributed by atoms with Gasteiger partial charge in [0.1, 0.15) is 0 Å². The van der Waals surface area contributed by atoms with Gasteiger partial charge in [-0.05, 0) is 35.4 Å². The van der Waals surface area contributed by atoms with Gasteiger partial charge < -0.3 is 14.7 Å². The van der Waals surface area contributed by atoms with Crippen LogP contribution in [0.1, 0.15) is 11.1 Å². The van der Waals surface area contributed by atoms with Crippen molar-refractivity contribution in [3.8, 4) is 0 Å². The normalized spacial score (nSPS) is 10.3. The Labute approximate surface area is 138 Å². The molecular weight excluding hydrogens is 286 g/mol. The summed E-state index contributed by atoms with van der Waals surface area (Å²) in [6.45, 7) is 1.24. The van der Waals surface area contributed by atoms with Crippen molar-refractivity contribution in [2.45, 2.75) is 13.1 Å². The van der Waals surface area contributed by atoms with Crippen LogP contribution >= 0.6 is 0 Å². The van der Waals surface area contributed by atoms with Crippen molar-refractivity contribution in [2.24, 2.45) is 0 Å². The number of nitrogens with zero attached hydrogens (tertiary/aromatic N) is 3. The second-order valence-electron chi connectivity index (χ2n) is 6.13. The molecule has 2 aromatic rings. The number of hydrogen-bond donors (Lipinski definition) is 0. The summed E-state index contributed by atoms with van der Waals surface area (Å²) in [5.74, 6) is 0. The van der Waals surface area contributed by atoms with Crippen LogP contribution in [0, 0.1) is 0 Å². The fourth-order valence-electron chi connectivity index (χ4n) is 2.40. The van der Waals surface area contributed by atoms with E-state index in [-0.39, 0.29) is 0 Å². The number of carbonyl (C=O) groups is 1. The molecule has 0 aromatic heterocycles. The summed E-state index contributed by atoms with van der Waals surface area (Å²) in [6.07, 6.45) is 0.916. The first-order valence-electron chi connectivity index (χ1n) is 7.71. The van der Waals surface area contributed by atoms with Gasteiger partial charge in [0.15, 0.2) is 0 Å². The Morgan fingerprint density at radius 2 is 1.04 bits per heavy atom. The highest BCUT2D eigenvalue weighted by Gasteiger charge is 2.06. The van der Waals surface area contributed by atoms with Gasteiger partial charge in [0, 0.05) is 52.7 Å². The van der Waals surface area contributed by atoms with Gasteiger partial charge in [-0.15, -0.1) is 0 Å². The highest BCUT2D eigenvalue weighted by atomic mass is 16.1. The van der Waals surface area contributed by atoms with Gasteiger partial charge in [-0.3, -0.25) is 4.79 Å². The molecule has 0 N–H and O–H groups in total. The van der Waals surface area contributed by atoms with Crippen molar-refractivity contribution in [1.82, 2.24) is 4.90 Å². The van der Waals surface area contributed by atoms with Crippen molar-refractivity contribution in [2.75, 3.05) is 38.0 Å². The number of carbonyl (C=O) groups excluding carboxylic acids is 1. The molecule has 0 saturated carbocycles. The monoisotopic (exact) mass is 311 g/mol. The van der Waals surface area contributed by atoms with Gasteiger partial charge in [-0.25, -0.2) is 0 Å². The van der Waals surface area contributed by atoms with Crippen LogP contribution in [0.5, 0.6) is 0 Å². The predicted molar refractivity (Wildman–Crippen MR) is 96.8 cm³/mol. The summed E-state index contributed by atoms with van der Waals surface area (Å²) in [6, 6.07) is 16.6. The zero-order chi connectivity index (χ0) is 16.8. The van der Waals surface area contributed by atoms with Crippen LogP contribution in [0.4, 0.5) is 11.4 Å². The Bertz CT molecular complexity index is 565. The maximum atomic E-state index is 11.4. The molecule has 4 nitrogen and oxygen atoms in total. The van der Waals surface area contributed by atoms with Crippen LogP contribution in [-0.4, -0.2) is 39.5 Å². The molecule has 0 aliphatic carbocycles. The Morgan fingerprint density at radius 3 is 1.30 bits per heavy atom. The van der Waals surface area contributed by atoms with E-state index in [1.165, 1.54) is 0 Å². The molecule has 2 aromatic carbocycles. The van der Waals surface area contributed by atoms with Crippen LogP contribution in [0.15, 0.2) is 48.5 Å². The van der Waals surface area contributed by atoms with Gasteiger partial charge in [-0.1, -0.05) is 24.3 Å². The SMILES string of the molecule is CN(C)c1ccc(CN(C=O)Cc2ccc(N(C)C)cc2)cc1. The lowest BCUT2D eigenvalue weighted by Gasteiger charge is -2.19. The summed E-state index contributed by atoms with van der Waals surface area (Å²) < 4.78 is 0. The molecule has 0 bridgehead atoms. The number of amides is 1. The lowest BCUT2D eigenvalue weighted by atomic mass is 10.1. The third-order valence-corrected chi connectivity index (χ3v) is 3.83. The molecule has 0 aliphatic rings. The zero-order valence-electron chi connectivity index (χ0n) is 14.4. The predicted octanol–water partition coefficient (Wildman–Crippen LogP) is 2.98. The van der Waals surface area contributed by atoms with Crippen LogP contribution in [0.25, 0.3) is 0 Å². The Balaban J connectivity index is 2.00. The summed E-state index contributed by atoms with van der Waals surface area (Å²) >= 11 is 0. The molecule has 0 unspecified atom stereocenters. The minimum Gasteiger partial charge on any atom is -0.378 e. The largest absolute Gasteiger partial charge is 0.378 e. The minimum atomic E-state index is 0.618. The maximum absolute atomic E-state index is 11.4. The van der Waals surface area contributed by atoms with Crippen molar-refractivity contribution >= 4 is 17.8 Å². The molecule has 0 aliphatic heterocycles. The van der Waals surface area contributed by atoms with E-state index in [2.05, 4.69) is 58.3 Å². The lowest BCUT2D eigenvalue weighted by Crippen LogP contribution is -2.21. The van der Waals surface area contributed by atoms with E-state index in [1.54, 1.807) is 4.90 Å². The highest BCUT2D eigenvalue weighted by Crippen LogP contribution is 2.16. The first-order chi connectivity index (χ1) is 11.0. The van der Waals surface area contributed by atoms with Gasteiger partial charge in [0.25, 0.3) is 0 Å². The Hall–Kier alpha value is -2.49. The van der Waals surface area contributed by atoms with Crippen molar-refractivity contribution < 1.29 is 4.79 Å². The minimum absolute atomic E-state index is 0.618. The number of benzene rings is 2. The van der Waals surface area contributed by atoms with E-state index < -0.39 is 0 Å². The first-order valence-corrected chi connectivity index (χ1v) is 7.71. The van der Waals surface area contributed by atoms with E-state index in [0.29, 0.717) is 13.1 Å². The van der Waals surface area contributed by atoms with Crippen LogP contribution < -0.4 is 9.80 Å². The average molecular weight is 311 g/mol. The Morgan fingerprint density at radius 1 is 0.696 bits per heavy atom. The van der Waals surface area contributed by atoms with E-state index in [4.69, 9.17) is 0 Å². The molecule has 4 heteroatoms. The molecule has 0 saturated heterocycles. The highest BCUT2D eigenvalue weighted by molar-refractivity contribution is 5.50. The van der Waals surface area contributed by atoms with Gasteiger partial charge >= 0.3 is 0 Å². The fraction of sp³-hybridized carbons (Fsp3) is 0.316. The first kappa shape index (κ1) is 16.9. The Kier molecular flexibility index (Phi) is 5.63.